The number of anilines is 2. The van der Waals surface area contributed by atoms with Crippen LogP contribution >= 0.6 is 0 Å². The van der Waals surface area contributed by atoms with Crippen LogP contribution in [0.2, 0.25) is 0 Å². The number of primary amides is 1. The van der Waals surface area contributed by atoms with Crippen LogP contribution in [0.15, 0.2) is 34.9 Å². The van der Waals surface area contributed by atoms with Crippen molar-refractivity contribution >= 4 is 17.5 Å². The van der Waals surface area contributed by atoms with E-state index in [1.54, 1.807) is 24.3 Å². The number of hydrogen-bond donors (Lipinski definition) is 3. The fourth-order valence-corrected chi connectivity index (χ4v) is 1.32. The molecule has 2 amide bonds. The minimum atomic E-state index is -0.616. The molecule has 0 aliphatic rings. The topological polar surface area (TPSA) is 107 Å². The average molecular weight is 218 g/mol. The van der Waals surface area contributed by atoms with Gasteiger partial charge in [0.05, 0.1) is 0 Å². The van der Waals surface area contributed by atoms with Gasteiger partial charge >= 0.3 is 6.03 Å². The number of aromatic nitrogens is 1. The summed E-state index contributed by atoms with van der Waals surface area (Å²) in [6, 6.07) is 7.99. The van der Waals surface area contributed by atoms with Gasteiger partial charge in [-0.15, -0.1) is 0 Å². The van der Waals surface area contributed by atoms with E-state index < -0.39 is 6.03 Å². The van der Waals surface area contributed by atoms with Gasteiger partial charge in [-0.3, -0.25) is 0 Å². The Morgan fingerprint density at radius 1 is 1.38 bits per heavy atom. The minimum absolute atomic E-state index is 0.309. The lowest BCUT2D eigenvalue weighted by Gasteiger charge is -2.02. The number of benzene rings is 1. The second kappa shape index (κ2) is 3.93. The smallest absolute Gasteiger partial charge is 0.316 e. The fraction of sp³-hybridized carbons (Fsp3) is 0. The van der Waals surface area contributed by atoms with Crippen LogP contribution in [0.5, 0.6) is 0 Å². The fourth-order valence-electron chi connectivity index (χ4n) is 1.32. The molecule has 0 fully saturated rings. The molecule has 0 aliphatic carbocycles. The van der Waals surface area contributed by atoms with Gasteiger partial charge in [-0.05, 0) is 12.1 Å². The Bertz CT molecular complexity index is 521. The van der Waals surface area contributed by atoms with Crippen molar-refractivity contribution in [2.45, 2.75) is 0 Å². The lowest BCUT2D eigenvalue weighted by Crippen LogP contribution is -2.19. The van der Waals surface area contributed by atoms with Crippen LogP contribution in [0, 0.1) is 0 Å². The number of carbonyl (C=O) groups excluding carboxylic acids is 1. The van der Waals surface area contributed by atoms with Crippen LogP contribution < -0.4 is 16.8 Å². The Kier molecular flexibility index (Phi) is 2.47. The van der Waals surface area contributed by atoms with E-state index in [4.69, 9.17) is 16.0 Å². The largest absolute Gasteiger partial charge is 0.381 e. The molecule has 82 valence electrons. The van der Waals surface area contributed by atoms with Gasteiger partial charge in [0.2, 0.25) is 0 Å². The van der Waals surface area contributed by atoms with E-state index in [1.165, 1.54) is 0 Å². The van der Waals surface area contributed by atoms with Crippen LogP contribution in [0.3, 0.4) is 0 Å². The third-order valence-electron chi connectivity index (χ3n) is 1.94. The molecule has 0 spiro atoms. The Balaban J connectivity index is 2.32. The third kappa shape index (κ3) is 2.11. The first kappa shape index (κ1) is 10.0. The highest BCUT2D eigenvalue weighted by Crippen LogP contribution is 2.23. The number of nitrogens with two attached hydrogens (primary N) is 2. The molecule has 1 aromatic carbocycles. The number of nitrogens with one attached hydrogen (secondary N) is 1. The first-order valence-electron chi connectivity index (χ1n) is 4.54. The standard InChI is InChI=1S/C10H10N4O2/c11-9-5-8(16-14-9)6-2-1-3-7(4-6)13-10(12)15/h1-5H,(H2,11,14)(H3,12,13,15). The molecule has 1 aromatic heterocycles. The third-order valence-corrected chi connectivity index (χ3v) is 1.94. The highest BCUT2D eigenvalue weighted by molar-refractivity contribution is 5.88. The number of rotatable bonds is 2. The van der Waals surface area contributed by atoms with Crippen LogP contribution in [0.25, 0.3) is 11.3 Å². The Hall–Kier alpha value is -2.50. The van der Waals surface area contributed by atoms with E-state index in [0.29, 0.717) is 17.3 Å². The molecular formula is C10H10N4O2. The zero-order valence-corrected chi connectivity index (χ0v) is 8.31. The molecular weight excluding hydrogens is 208 g/mol. The van der Waals surface area contributed by atoms with Gasteiger partial charge < -0.3 is 21.3 Å². The maximum atomic E-state index is 10.7. The van der Waals surface area contributed by atoms with Gasteiger partial charge in [0.1, 0.15) is 0 Å². The second-order valence-electron chi connectivity index (χ2n) is 3.19. The van der Waals surface area contributed by atoms with E-state index in [1.807, 2.05) is 6.07 Å². The lowest BCUT2D eigenvalue weighted by molar-refractivity contribution is 0.259. The summed E-state index contributed by atoms with van der Waals surface area (Å²) in [5, 5.41) is 6.04. The molecule has 5 N–H and O–H groups in total. The van der Waals surface area contributed by atoms with Gasteiger partial charge in [-0.25, -0.2) is 4.79 Å². The zero-order chi connectivity index (χ0) is 11.5. The number of hydrogen-bond acceptors (Lipinski definition) is 4. The van der Waals surface area contributed by atoms with Crippen molar-refractivity contribution in [3.05, 3.63) is 30.3 Å². The molecule has 0 saturated carbocycles. The van der Waals surface area contributed by atoms with E-state index in [2.05, 4.69) is 10.5 Å². The van der Waals surface area contributed by atoms with Gasteiger partial charge in [-0.1, -0.05) is 17.3 Å². The summed E-state index contributed by atoms with van der Waals surface area (Å²) in [5.41, 5.74) is 11.8. The van der Waals surface area contributed by atoms with Gasteiger partial charge in [0, 0.05) is 17.3 Å². The Morgan fingerprint density at radius 3 is 2.81 bits per heavy atom. The molecule has 6 nitrogen and oxygen atoms in total. The quantitative estimate of drug-likeness (QED) is 0.708. The molecule has 6 heteroatoms. The lowest BCUT2D eigenvalue weighted by atomic mass is 10.1. The molecule has 0 radical (unpaired) electrons. The first-order chi connectivity index (χ1) is 7.65. The molecule has 1 heterocycles. The number of carbonyl (C=O) groups is 1. The normalized spacial score (nSPS) is 10.0. The van der Waals surface area contributed by atoms with E-state index in [0.717, 1.165) is 5.56 Å². The predicted molar refractivity (Wildman–Crippen MR) is 59.6 cm³/mol. The Labute approximate surface area is 91.2 Å². The van der Waals surface area contributed by atoms with Crippen LogP contribution in [0.1, 0.15) is 0 Å². The molecule has 0 aliphatic heterocycles. The van der Waals surface area contributed by atoms with Crippen molar-refractivity contribution < 1.29 is 9.32 Å². The summed E-state index contributed by atoms with van der Waals surface area (Å²) in [4.78, 5) is 10.7. The number of urea groups is 1. The van der Waals surface area contributed by atoms with Crippen molar-refractivity contribution in [1.82, 2.24) is 5.16 Å². The molecule has 2 rings (SSSR count). The summed E-state index contributed by atoms with van der Waals surface area (Å²) in [6.45, 7) is 0. The number of nitrogen functional groups attached to an aromatic ring is 1. The van der Waals surface area contributed by atoms with Crippen molar-refractivity contribution in [1.29, 1.82) is 0 Å². The van der Waals surface area contributed by atoms with Crippen molar-refractivity contribution in [2.75, 3.05) is 11.1 Å². The SMILES string of the molecule is NC(=O)Nc1cccc(-c2cc(N)no2)c1. The molecule has 0 unspecified atom stereocenters. The van der Waals surface area contributed by atoms with Gasteiger partial charge in [-0.2, -0.15) is 0 Å². The minimum Gasteiger partial charge on any atom is -0.381 e. The highest BCUT2D eigenvalue weighted by Gasteiger charge is 2.05. The van der Waals surface area contributed by atoms with E-state index >= 15 is 0 Å². The van der Waals surface area contributed by atoms with Crippen molar-refractivity contribution in [3.8, 4) is 11.3 Å². The average Bonchev–Trinajstić information content (AvgIpc) is 2.64. The summed E-state index contributed by atoms with van der Waals surface area (Å²) < 4.78 is 4.99. The molecule has 0 bridgehead atoms. The van der Waals surface area contributed by atoms with Crippen LogP contribution in [-0.4, -0.2) is 11.2 Å². The van der Waals surface area contributed by atoms with Crippen molar-refractivity contribution in [2.24, 2.45) is 5.73 Å². The van der Waals surface area contributed by atoms with Crippen LogP contribution in [-0.2, 0) is 0 Å². The predicted octanol–water partition coefficient (Wildman–Crippen LogP) is 1.41. The maximum Gasteiger partial charge on any atom is 0.316 e. The van der Waals surface area contributed by atoms with E-state index in [9.17, 15) is 4.79 Å². The molecule has 2 aromatic rings. The van der Waals surface area contributed by atoms with Crippen LogP contribution in [0.4, 0.5) is 16.3 Å². The first-order valence-corrected chi connectivity index (χ1v) is 4.54. The van der Waals surface area contributed by atoms with Gasteiger partial charge in [0.25, 0.3) is 0 Å². The van der Waals surface area contributed by atoms with E-state index in [-0.39, 0.29) is 0 Å². The highest BCUT2D eigenvalue weighted by atomic mass is 16.5. The molecule has 0 atom stereocenters. The maximum absolute atomic E-state index is 10.7. The molecule has 16 heavy (non-hydrogen) atoms. The second-order valence-corrected chi connectivity index (χ2v) is 3.19. The number of nitrogens with zero attached hydrogens (tertiary/aromatic N) is 1. The monoisotopic (exact) mass is 218 g/mol. The zero-order valence-electron chi connectivity index (χ0n) is 8.31. The summed E-state index contributed by atoms with van der Waals surface area (Å²) >= 11 is 0. The van der Waals surface area contributed by atoms with Crippen molar-refractivity contribution in [3.63, 3.8) is 0 Å². The Morgan fingerprint density at radius 2 is 2.19 bits per heavy atom. The summed E-state index contributed by atoms with van der Waals surface area (Å²) in [7, 11) is 0. The van der Waals surface area contributed by atoms with Gasteiger partial charge in [0.15, 0.2) is 11.6 Å². The summed E-state index contributed by atoms with van der Waals surface area (Å²) in [5.74, 6) is 0.842. The summed E-state index contributed by atoms with van der Waals surface area (Å²) in [6.07, 6.45) is 0. The molecule has 0 saturated heterocycles. The number of amides is 2.